The van der Waals surface area contributed by atoms with Gasteiger partial charge in [-0.25, -0.2) is 0 Å². The predicted octanol–water partition coefficient (Wildman–Crippen LogP) is 3.16. The smallest absolute Gasteiger partial charge is 0.0587 e. The molecule has 0 amide bonds. The molecule has 0 aromatic heterocycles. The van der Waals surface area contributed by atoms with E-state index in [2.05, 4.69) is 51.3 Å². The lowest BCUT2D eigenvalue weighted by Gasteiger charge is -2.49. The molecule has 1 fully saturated rings. The van der Waals surface area contributed by atoms with E-state index in [1.807, 2.05) is 0 Å². The summed E-state index contributed by atoms with van der Waals surface area (Å²) in [4.78, 5) is 2.62. The molecule has 0 spiro atoms. The van der Waals surface area contributed by atoms with Crippen LogP contribution in [-0.2, 0) is 0 Å². The Morgan fingerprint density at radius 2 is 1.83 bits per heavy atom. The van der Waals surface area contributed by atoms with Gasteiger partial charge >= 0.3 is 0 Å². The molecule has 1 aliphatic heterocycles. The van der Waals surface area contributed by atoms with Crippen LogP contribution in [0.4, 0.5) is 0 Å². The zero-order chi connectivity index (χ0) is 9.30. The number of rotatable bonds is 3. The molecule has 72 valence electrons. The van der Waals surface area contributed by atoms with Gasteiger partial charge in [-0.3, -0.25) is 4.90 Å². The van der Waals surface area contributed by atoms with Crippen LogP contribution in [0, 0.1) is 5.92 Å². The molecule has 1 saturated heterocycles. The Morgan fingerprint density at radius 3 is 2.17 bits per heavy atom. The summed E-state index contributed by atoms with van der Waals surface area (Å²) in [6, 6.07) is 0.713. The lowest BCUT2D eigenvalue weighted by atomic mass is 10.1. The minimum atomic E-state index is 0.713. The van der Waals surface area contributed by atoms with Crippen LogP contribution in [0.1, 0.15) is 41.0 Å². The van der Waals surface area contributed by atoms with E-state index in [1.54, 1.807) is 0 Å². The third-order valence-electron chi connectivity index (χ3n) is 2.38. The summed E-state index contributed by atoms with van der Waals surface area (Å²) < 4.78 is 0. The average Bonchev–Trinajstić information content (AvgIpc) is 1.82. The zero-order valence-electron chi connectivity index (χ0n) is 8.87. The van der Waals surface area contributed by atoms with Crippen LogP contribution in [0.25, 0.3) is 0 Å². The Bertz CT molecular complexity index is 140. The van der Waals surface area contributed by atoms with Crippen molar-refractivity contribution >= 4 is 11.8 Å². The van der Waals surface area contributed by atoms with Crippen molar-refractivity contribution < 1.29 is 0 Å². The number of thioether (sulfide) groups is 1. The van der Waals surface area contributed by atoms with Gasteiger partial charge in [0.15, 0.2) is 0 Å². The van der Waals surface area contributed by atoms with Gasteiger partial charge in [0.25, 0.3) is 0 Å². The molecule has 0 aromatic carbocycles. The van der Waals surface area contributed by atoms with Crippen LogP contribution in [0.15, 0.2) is 0 Å². The molecular weight excluding hydrogens is 166 g/mol. The van der Waals surface area contributed by atoms with Gasteiger partial charge in [-0.15, -0.1) is 11.8 Å². The average molecular weight is 187 g/mol. The zero-order valence-corrected chi connectivity index (χ0v) is 9.69. The first-order chi connectivity index (χ1) is 5.52. The Labute approximate surface area is 80.9 Å². The van der Waals surface area contributed by atoms with Crippen LogP contribution in [0.2, 0.25) is 0 Å². The van der Waals surface area contributed by atoms with Crippen LogP contribution < -0.4 is 0 Å². The van der Waals surface area contributed by atoms with Crippen LogP contribution in [0.5, 0.6) is 0 Å². The van der Waals surface area contributed by atoms with Crippen molar-refractivity contribution in [1.82, 2.24) is 4.90 Å². The minimum Gasteiger partial charge on any atom is -0.277 e. The Hall–Kier alpha value is 0.310. The van der Waals surface area contributed by atoms with Gasteiger partial charge in [-0.05, 0) is 33.1 Å². The van der Waals surface area contributed by atoms with Crippen molar-refractivity contribution in [3.63, 3.8) is 0 Å². The molecule has 1 nitrogen and oxygen atoms in total. The topological polar surface area (TPSA) is 3.24 Å². The van der Waals surface area contributed by atoms with Crippen LogP contribution in [0.3, 0.4) is 0 Å². The quantitative estimate of drug-likeness (QED) is 0.667. The fraction of sp³-hybridized carbons (Fsp3) is 1.00. The van der Waals surface area contributed by atoms with E-state index in [9.17, 15) is 0 Å². The van der Waals surface area contributed by atoms with E-state index in [1.165, 1.54) is 6.42 Å². The molecule has 1 aliphatic rings. The van der Waals surface area contributed by atoms with E-state index >= 15 is 0 Å². The molecule has 12 heavy (non-hydrogen) atoms. The molecule has 0 aromatic rings. The monoisotopic (exact) mass is 187 g/mol. The Kier molecular flexibility index (Phi) is 3.47. The summed E-state index contributed by atoms with van der Waals surface area (Å²) in [5.41, 5.74) is 0. The number of hydrogen-bond donors (Lipinski definition) is 0. The lowest BCUT2D eigenvalue weighted by Crippen LogP contribution is -2.53. The first-order valence-corrected chi connectivity index (χ1v) is 5.89. The van der Waals surface area contributed by atoms with Gasteiger partial charge in [-0.2, -0.15) is 0 Å². The van der Waals surface area contributed by atoms with Crippen molar-refractivity contribution in [3.05, 3.63) is 0 Å². The van der Waals surface area contributed by atoms with Gasteiger partial charge < -0.3 is 0 Å². The second-order valence-electron chi connectivity index (χ2n) is 4.36. The SMILES string of the molecule is CC(C)CC1SC(C)N1C(C)C. The van der Waals surface area contributed by atoms with Gasteiger partial charge in [0.1, 0.15) is 0 Å². The van der Waals surface area contributed by atoms with Crippen molar-refractivity contribution in [2.24, 2.45) is 5.92 Å². The molecule has 2 atom stereocenters. The number of nitrogens with zero attached hydrogens (tertiary/aromatic N) is 1. The Balaban J connectivity index is 2.38. The molecule has 1 heterocycles. The highest BCUT2D eigenvalue weighted by Crippen LogP contribution is 2.41. The summed E-state index contributed by atoms with van der Waals surface area (Å²) in [5, 5.41) is 1.54. The van der Waals surface area contributed by atoms with Crippen molar-refractivity contribution in [2.45, 2.75) is 57.8 Å². The van der Waals surface area contributed by atoms with Crippen LogP contribution >= 0.6 is 11.8 Å². The summed E-state index contributed by atoms with van der Waals surface area (Å²) in [5.74, 6) is 0.830. The third kappa shape index (κ3) is 2.17. The molecular formula is C10H21NS. The van der Waals surface area contributed by atoms with Gasteiger partial charge in [0.2, 0.25) is 0 Å². The normalized spacial score (nSPS) is 31.2. The maximum atomic E-state index is 2.62. The largest absolute Gasteiger partial charge is 0.277 e. The maximum Gasteiger partial charge on any atom is 0.0587 e. The molecule has 0 N–H and O–H groups in total. The fourth-order valence-corrected chi connectivity index (χ4v) is 3.73. The predicted molar refractivity (Wildman–Crippen MR) is 57.3 cm³/mol. The van der Waals surface area contributed by atoms with Gasteiger partial charge in [-0.1, -0.05) is 13.8 Å². The highest BCUT2D eigenvalue weighted by Gasteiger charge is 2.37. The van der Waals surface area contributed by atoms with E-state index in [-0.39, 0.29) is 0 Å². The van der Waals surface area contributed by atoms with E-state index in [0.29, 0.717) is 6.04 Å². The van der Waals surface area contributed by atoms with E-state index in [0.717, 1.165) is 16.7 Å². The molecule has 0 aliphatic carbocycles. The highest BCUT2D eigenvalue weighted by atomic mass is 32.2. The molecule has 2 unspecified atom stereocenters. The standard InChI is InChI=1S/C10H21NS/c1-7(2)6-10-11(8(3)4)9(5)12-10/h7-10H,6H2,1-5H3. The highest BCUT2D eigenvalue weighted by molar-refractivity contribution is 8.01. The molecule has 0 radical (unpaired) electrons. The number of hydrogen-bond acceptors (Lipinski definition) is 2. The summed E-state index contributed by atoms with van der Waals surface area (Å²) in [6.45, 7) is 11.5. The second kappa shape index (κ2) is 4.01. The van der Waals surface area contributed by atoms with E-state index in [4.69, 9.17) is 0 Å². The Morgan fingerprint density at radius 1 is 1.25 bits per heavy atom. The van der Waals surface area contributed by atoms with Gasteiger partial charge in [0.05, 0.1) is 10.7 Å². The van der Waals surface area contributed by atoms with Crippen molar-refractivity contribution in [3.8, 4) is 0 Å². The summed E-state index contributed by atoms with van der Waals surface area (Å²) in [7, 11) is 0. The van der Waals surface area contributed by atoms with Gasteiger partial charge in [0, 0.05) is 6.04 Å². The second-order valence-corrected chi connectivity index (χ2v) is 5.86. The molecule has 0 saturated carbocycles. The molecule has 1 rings (SSSR count). The first kappa shape index (κ1) is 10.4. The fourth-order valence-electron chi connectivity index (χ4n) is 1.87. The maximum absolute atomic E-state index is 2.62. The third-order valence-corrected chi connectivity index (χ3v) is 3.76. The molecule has 0 bridgehead atoms. The molecule has 2 heteroatoms. The summed E-state index contributed by atoms with van der Waals surface area (Å²) >= 11 is 2.12. The van der Waals surface area contributed by atoms with Crippen LogP contribution in [-0.4, -0.2) is 21.7 Å². The van der Waals surface area contributed by atoms with Crippen molar-refractivity contribution in [2.75, 3.05) is 0 Å². The summed E-state index contributed by atoms with van der Waals surface area (Å²) in [6.07, 6.45) is 1.34. The first-order valence-electron chi connectivity index (χ1n) is 4.95. The minimum absolute atomic E-state index is 0.713. The van der Waals surface area contributed by atoms with E-state index < -0.39 is 0 Å². The lowest BCUT2D eigenvalue weighted by molar-refractivity contribution is 0.150. The van der Waals surface area contributed by atoms with Crippen molar-refractivity contribution in [1.29, 1.82) is 0 Å².